The van der Waals surface area contributed by atoms with E-state index in [1.165, 1.54) is 18.6 Å². The molecule has 9 heteroatoms. The van der Waals surface area contributed by atoms with Crippen LogP contribution in [0, 0.1) is 11.7 Å². The number of nitrogens with zero attached hydrogens (tertiary/aromatic N) is 3. The molecule has 4 nitrogen and oxygen atoms in total. The smallest absolute Gasteiger partial charge is 0.397 e. The maximum Gasteiger partial charge on any atom is 0.399 e. The maximum atomic E-state index is 14.1. The minimum atomic E-state index is -4.60. The van der Waals surface area contributed by atoms with Crippen molar-refractivity contribution in [2.45, 2.75) is 31.4 Å². The minimum Gasteiger partial charge on any atom is -0.397 e. The summed E-state index contributed by atoms with van der Waals surface area (Å²) in [4.78, 5) is 12.6. The third kappa shape index (κ3) is 4.41. The fourth-order valence-electron chi connectivity index (χ4n) is 3.73. The van der Waals surface area contributed by atoms with Crippen molar-refractivity contribution in [3.8, 4) is 0 Å². The molecule has 1 fully saturated rings. The average Bonchev–Trinajstić information content (AvgIpc) is 2.70. The van der Waals surface area contributed by atoms with E-state index in [4.69, 9.17) is 16.7 Å². The molecule has 1 aliphatic rings. The van der Waals surface area contributed by atoms with Gasteiger partial charge in [0.05, 0.1) is 11.2 Å². The summed E-state index contributed by atoms with van der Waals surface area (Å²) in [5.74, 6) is -1.71. The highest BCUT2D eigenvalue weighted by Gasteiger charge is 2.65. The van der Waals surface area contributed by atoms with Crippen LogP contribution >= 0.6 is 11.6 Å². The Morgan fingerprint density at radius 3 is 2.58 bits per heavy atom. The van der Waals surface area contributed by atoms with E-state index in [0.29, 0.717) is 16.7 Å². The molecular formula is C22H20ClF4N3O. The molecule has 0 radical (unpaired) electrons. The van der Waals surface area contributed by atoms with Gasteiger partial charge in [-0.25, -0.2) is 4.39 Å². The van der Waals surface area contributed by atoms with E-state index in [1.54, 1.807) is 25.1 Å². The molecule has 0 saturated heterocycles. The summed E-state index contributed by atoms with van der Waals surface area (Å²) in [7, 11) is 0. The number of aliphatic hydroxyl groups excluding tert-OH is 1. The zero-order valence-corrected chi connectivity index (χ0v) is 17.3. The van der Waals surface area contributed by atoms with E-state index in [9.17, 15) is 17.6 Å². The van der Waals surface area contributed by atoms with Gasteiger partial charge in [-0.3, -0.25) is 15.0 Å². The van der Waals surface area contributed by atoms with Crippen molar-refractivity contribution >= 4 is 34.5 Å². The first-order chi connectivity index (χ1) is 14.7. The summed E-state index contributed by atoms with van der Waals surface area (Å²) >= 11 is 6.03. The van der Waals surface area contributed by atoms with Gasteiger partial charge in [0.1, 0.15) is 16.7 Å². The Bertz CT molecular complexity index is 1080. The van der Waals surface area contributed by atoms with Gasteiger partial charge in [-0.1, -0.05) is 17.7 Å². The second-order valence-corrected chi connectivity index (χ2v) is 7.44. The predicted octanol–water partition coefficient (Wildman–Crippen LogP) is 6.03. The van der Waals surface area contributed by atoms with Gasteiger partial charge in [0.15, 0.2) is 0 Å². The number of aromatic nitrogens is 2. The van der Waals surface area contributed by atoms with Gasteiger partial charge in [-0.2, -0.15) is 13.2 Å². The van der Waals surface area contributed by atoms with E-state index in [1.807, 2.05) is 0 Å². The number of hydrogen-bond acceptors (Lipinski definition) is 4. The highest BCUT2D eigenvalue weighted by atomic mass is 35.5. The zero-order valence-electron chi connectivity index (χ0n) is 16.6. The lowest BCUT2D eigenvalue weighted by molar-refractivity contribution is -0.223. The van der Waals surface area contributed by atoms with E-state index in [2.05, 4.69) is 15.0 Å². The van der Waals surface area contributed by atoms with Crippen molar-refractivity contribution < 1.29 is 22.7 Å². The second-order valence-electron chi connectivity index (χ2n) is 7.03. The summed E-state index contributed by atoms with van der Waals surface area (Å²) in [6.45, 7) is 1.93. The number of aliphatic imine (C=N–C) groups is 1. The van der Waals surface area contributed by atoms with Crippen LogP contribution in [0.2, 0.25) is 5.02 Å². The van der Waals surface area contributed by atoms with Crippen LogP contribution in [-0.4, -0.2) is 34.1 Å². The Morgan fingerprint density at radius 1 is 1.23 bits per heavy atom. The number of para-hydroxylation sites is 1. The van der Waals surface area contributed by atoms with Crippen LogP contribution in [0.15, 0.2) is 53.8 Å². The molecule has 2 aromatic carbocycles. The van der Waals surface area contributed by atoms with Crippen molar-refractivity contribution in [3.05, 3.63) is 65.2 Å². The van der Waals surface area contributed by atoms with Gasteiger partial charge in [0.2, 0.25) is 0 Å². The maximum absolute atomic E-state index is 14.1. The molecule has 4 rings (SSSR count). The standard InChI is InChI=1S/C20H14ClF4N3.C2H6O/c21-15-5-4-13(22)10-14(15)19(20(23,24)25)7-6-12(19)11-28-17-3-1-2-16-18(17)27-9-8-26-16;1-2-3/h1-5,8-12H,6-7H2;3H,2H2,1H3. The Morgan fingerprint density at radius 2 is 1.94 bits per heavy atom. The Kier molecular flexibility index (Phi) is 6.91. The molecule has 0 bridgehead atoms. The molecule has 2 unspecified atom stereocenters. The lowest BCUT2D eigenvalue weighted by Gasteiger charge is -2.49. The van der Waals surface area contributed by atoms with Gasteiger partial charge in [-0.15, -0.1) is 0 Å². The van der Waals surface area contributed by atoms with Crippen LogP contribution in [0.3, 0.4) is 0 Å². The lowest BCUT2D eigenvalue weighted by atomic mass is 9.56. The highest BCUT2D eigenvalue weighted by molar-refractivity contribution is 6.31. The van der Waals surface area contributed by atoms with Crippen molar-refractivity contribution in [2.75, 3.05) is 6.61 Å². The molecule has 1 heterocycles. The van der Waals surface area contributed by atoms with Gasteiger partial charge in [0, 0.05) is 36.2 Å². The van der Waals surface area contributed by atoms with Crippen molar-refractivity contribution in [1.82, 2.24) is 9.97 Å². The van der Waals surface area contributed by atoms with Crippen molar-refractivity contribution in [1.29, 1.82) is 0 Å². The molecule has 31 heavy (non-hydrogen) atoms. The first-order valence-electron chi connectivity index (χ1n) is 9.61. The third-order valence-corrected chi connectivity index (χ3v) is 5.60. The molecule has 2 atom stereocenters. The monoisotopic (exact) mass is 453 g/mol. The van der Waals surface area contributed by atoms with E-state index >= 15 is 0 Å². The van der Waals surface area contributed by atoms with E-state index in [0.717, 1.165) is 18.2 Å². The molecular weight excluding hydrogens is 434 g/mol. The molecule has 1 saturated carbocycles. The SMILES string of the molecule is CCO.Fc1ccc(Cl)c(C2(C(F)(F)F)CCC2C=Nc2cccc3nccnc23)c1. The summed E-state index contributed by atoms with van der Waals surface area (Å²) in [6.07, 6.45) is -0.197. The van der Waals surface area contributed by atoms with Crippen LogP contribution in [0.25, 0.3) is 11.0 Å². The van der Waals surface area contributed by atoms with Gasteiger partial charge < -0.3 is 5.11 Å². The highest BCUT2D eigenvalue weighted by Crippen LogP contribution is 2.59. The number of fused-ring (bicyclic) bond motifs is 1. The molecule has 1 aromatic heterocycles. The van der Waals surface area contributed by atoms with Gasteiger partial charge in [0.25, 0.3) is 0 Å². The summed E-state index contributed by atoms with van der Waals surface area (Å²) in [6, 6.07) is 8.21. The fraction of sp³-hybridized carbons (Fsp3) is 0.318. The van der Waals surface area contributed by atoms with Gasteiger partial charge >= 0.3 is 6.18 Å². The van der Waals surface area contributed by atoms with Crippen LogP contribution < -0.4 is 0 Å². The van der Waals surface area contributed by atoms with E-state index < -0.39 is 23.3 Å². The molecule has 164 valence electrons. The lowest BCUT2D eigenvalue weighted by Crippen LogP contribution is -2.56. The Labute approximate surface area is 181 Å². The number of rotatable bonds is 3. The molecule has 3 aromatic rings. The fourth-order valence-corrected chi connectivity index (χ4v) is 4.02. The normalized spacial score (nSPS) is 20.9. The quantitative estimate of drug-likeness (QED) is 0.389. The van der Waals surface area contributed by atoms with Crippen molar-refractivity contribution in [3.63, 3.8) is 0 Å². The third-order valence-electron chi connectivity index (χ3n) is 5.27. The number of halogens is 5. The molecule has 0 amide bonds. The Hall–Kier alpha value is -2.58. The molecule has 1 N–H and O–H groups in total. The summed E-state index contributed by atoms with van der Waals surface area (Å²) < 4.78 is 56.1. The number of aliphatic hydroxyl groups is 1. The average molecular weight is 454 g/mol. The first-order valence-corrected chi connectivity index (χ1v) is 9.99. The number of benzene rings is 2. The van der Waals surface area contributed by atoms with Crippen LogP contribution in [0.4, 0.5) is 23.2 Å². The number of alkyl halides is 3. The largest absolute Gasteiger partial charge is 0.399 e. The molecule has 0 spiro atoms. The van der Waals surface area contributed by atoms with Crippen LogP contribution in [0.1, 0.15) is 25.3 Å². The topological polar surface area (TPSA) is 58.4 Å². The van der Waals surface area contributed by atoms with Crippen LogP contribution in [0.5, 0.6) is 0 Å². The van der Waals surface area contributed by atoms with Crippen LogP contribution in [-0.2, 0) is 5.41 Å². The molecule has 1 aliphatic carbocycles. The number of hydrogen-bond donors (Lipinski definition) is 1. The second kappa shape index (κ2) is 9.28. The van der Waals surface area contributed by atoms with Gasteiger partial charge in [-0.05, 0) is 55.7 Å². The summed E-state index contributed by atoms with van der Waals surface area (Å²) in [5, 5.41) is 7.47. The summed E-state index contributed by atoms with van der Waals surface area (Å²) in [5.41, 5.74) is -0.977. The minimum absolute atomic E-state index is 0.104. The van der Waals surface area contributed by atoms with Crippen molar-refractivity contribution in [2.24, 2.45) is 10.9 Å². The molecule has 0 aliphatic heterocycles. The Balaban J connectivity index is 0.000000858. The van der Waals surface area contributed by atoms with E-state index in [-0.39, 0.29) is 30.0 Å². The zero-order chi connectivity index (χ0) is 22.6. The predicted molar refractivity (Wildman–Crippen MR) is 112 cm³/mol. The first kappa shape index (κ1) is 23.1.